The van der Waals surface area contributed by atoms with Crippen molar-refractivity contribution in [3.63, 3.8) is 0 Å². The number of hydrogen-bond acceptors (Lipinski definition) is 1. The topological polar surface area (TPSA) is 17.1 Å². The Morgan fingerprint density at radius 1 is 1.36 bits per heavy atom. The van der Waals surface area contributed by atoms with Gasteiger partial charge in [-0.2, -0.15) is 0 Å². The van der Waals surface area contributed by atoms with Crippen LogP contribution in [0.25, 0.3) is 0 Å². The molecular formula is C10H18O. The van der Waals surface area contributed by atoms with Gasteiger partial charge in [0.1, 0.15) is 5.78 Å². The molecule has 0 saturated heterocycles. The van der Waals surface area contributed by atoms with E-state index in [4.69, 9.17) is 0 Å². The van der Waals surface area contributed by atoms with Crippen molar-refractivity contribution >= 4 is 5.78 Å². The SMILES string of the molecule is C=C(C)CC(=O)C(C)C(C)C. The van der Waals surface area contributed by atoms with Gasteiger partial charge in [0.05, 0.1) is 0 Å². The van der Waals surface area contributed by atoms with Gasteiger partial charge in [0.15, 0.2) is 0 Å². The van der Waals surface area contributed by atoms with E-state index in [9.17, 15) is 4.79 Å². The first-order valence-corrected chi connectivity index (χ1v) is 4.12. The standard InChI is InChI=1S/C10H18O/c1-7(2)6-10(11)9(5)8(3)4/h8-9H,1,6H2,2-5H3. The van der Waals surface area contributed by atoms with Crippen LogP contribution < -0.4 is 0 Å². The Labute approximate surface area is 69.5 Å². The summed E-state index contributed by atoms with van der Waals surface area (Å²) in [7, 11) is 0. The van der Waals surface area contributed by atoms with Gasteiger partial charge in [0, 0.05) is 12.3 Å². The van der Waals surface area contributed by atoms with Gasteiger partial charge >= 0.3 is 0 Å². The van der Waals surface area contributed by atoms with Crippen molar-refractivity contribution in [2.45, 2.75) is 34.1 Å². The van der Waals surface area contributed by atoms with Crippen molar-refractivity contribution < 1.29 is 4.79 Å². The fraction of sp³-hybridized carbons (Fsp3) is 0.700. The van der Waals surface area contributed by atoms with Gasteiger partial charge in [-0.3, -0.25) is 4.79 Å². The summed E-state index contributed by atoms with van der Waals surface area (Å²) in [5.41, 5.74) is 0.961. The van der Waals surface area contributed by atoms with Gasteiger partial charge in [-0.05, 0) is 12.8 Å². The van der Waals surface area contributed by atoms with Gasteiger partial charge < -0.3 is 0 Å². The molecule has 0 fully saturated rings. The van der Waals surface area contributed by atoms with Gasteiger partial charge in [-0.25, -0.2) is 0 Å². The summed E-state index contributed by atoms with van der Waals surface area (Å²) in [5.74, 6) is 0.932. The quantitative estimate of drug-likeness (QED) is 0.569. The lowest BCUT2D eigenvalue weighted by Crippen LogP contribution is -2.16. The number of carbonyl (C=O) groups is 1. The maximum Gasteiger partial charge on any atom is 0.139 e. The molecular weight excluding hydrogens is 136 g/mol. The zero-order valence-electron chi connectivity index (χ0n) is 7.98. The minimum Gasteiger partial charge on any atom is -0.299 e. The summed E-state index contributed by atoms with van der Waals surface area (Å²) < 4.78 is 0. The Kier molecular flexibility index (Phi) is 4.09. The Hall–Kier alpha value is -0.590. The predicted molar refractivity (Wildman–Crippen MR) is 48.4 cm³/mol. The highest BCUT2D eigenvalue weighted by molar-refractivity contribution is 5.82. The lowest BCUT2D eigenvalue weighted by atomic mass is 9.91. The molecule has 1 nitrogen and oxygen atoms in total. The molecule has 0 aliphatic heterocycles. The van der Waals surface area contributed by atoms with Crippen LogP contribution >= 0.6 is 0 Å². The maximum atomic E-state index is 11.3. The van der Waals surface area contributed by atoms with Crippen molar-refractivity contribution in [2.75, 3.05) is 0 Å². The summed E-state index contributed by atoms with van der Waals surface area (Å²) in [6.45, 7) is 11.7. The van der Waals surface area contributed by atoms with Crippen LogP contribution in [0.5, 0.6) is 0 Å². The lowest BCUT2D eigenvalue weighted by Gasteiger charge is -2.13. The summed E-state index contributed by atoms with van der Waals surface area (Å²) in [6, 6.07) is 0. The molecule has 0 radical (unpaired) electrons. The molecule has 1 heteroatoms. The fourth-order valence-corrected chi connectivity index (χ4v) is 0.830. The first-order chi connectivity index (χ1) is 4.95. The van der Waals surface area contributed by atoms with Crippen molar-refractivity contribution in [2.24, 2.45) is 11.8 Å². The van der Waals surface area contributed by atoms with E-state index in [0.717, 1.165) is 5.57 Å². The largest absolute Gasteiger partial charge is 0.299 e. The number of Topliss-reactive ketones (excluding diaryl/α,β-unsaturated/α-hetero) is 1. The van der Waals surface area contributed by atoms with E-state index < -0.39 is 0 Å². The minimum atomic E-state index is 0.173. The van der Waals surface area contributed by atoms with Gasteiger partial charge in [0.2, 0.25) is 0 Å². The smallest absolute Gasteiger partial charge is 0.139 e. The third-order valence-electron chi connectivity index (χ3n) is 1.98. The average Bonchev–Trinajstić information content (AvgIpc) is 1.84. The van der Waals surface area contributed by atoms with E-state index in [1.54, 1.807) is 0 Å². The summed E-state index contributed by atoms with van der Waals surface area (Å²) in [6.07, 6.45) is 0.541. The molecule has 0 aliphatic carbocycles. The number of ketones is 1. The maximum absolute atomic E-state index is 11.3. The van der Waals surface area contributed by atoms with Crippen LogP contribution in [0.4, 0.5) is 0 Å². The lowest BCUT2D eigenvalue weighted by molar-refractivity contribution is -0.122. The van der Waals surface area contributed by atoms with Gasteiger partial charge in [-0.15, -0.1) is 0 Å². The number of rotatable bonds is 4. The van der Waals surface area contributed by atoms with Crippen molar-refractivity contribution in [3.05, 3.63) is 12.2 Å². The highest BCUT2D eigenvalue weighted by Crippen LogP contribution is 2.14. The Morgan fingerprint density at radius 2 is 1.82 bits per heavy atom. The van der Waals surface area contributed by atoms with E-state index in [1.165, 1.54) is 0 Å². The van der Waals surface area contributed by atoms with Crippen LogP contribution in [-0.4, -0.2) is 5.78 Å². The molecule has 0 bridgehead atoms. The molecule has 0 aliphatic rings. The molecule has 0 N–H and O–H groups in total. The second-order valence-electron chi connectivity index (χ2n) is 3.63. The van der Waals surface area contributed by atoms with Crippen molar-refractivity contribution in [3.8, 4) is 0 Å². The van der Waals surface area contributed by atoms with Crippen LogP contribution in [0.2, 0.25) is 0 Å². The first kappa shape index (κ1) is 10.4. The molecule has 0 aromatic heterocycles. The van der Waals surface area contributed by atoms with E-state index in [-0.39, 0.29) is 5.92 Å². The molecule has 0 spiro atoms. The van der Waals surface area contributed by atoms with Crippen LogP contribution in [0, 0.1) is 11.8 Å². The first-order valence-electron chi connectivity index (χ1n) is 4.12. The number of hydrogen-bond donors (Lipinski definition) is 0. The second-order valence-corrected chi connectivity index (χ2v) is 3.63. The van der Waals surface area contributed by atoms with Crippen LogP contribution in [-0.2, 0) is 4.79 Å². The number of carbonyl (C=O) groups excluding carboxylic acids is 1. The molecule has 0 aromatic carbocycles. The number of allylic oxidation sites excluding steroid dienone is 1. The third kappa shape index (κ3) is 3.97. The summed E-state index contributed by atoms with van der Waals surface area (Å²) in [5, 5.41) is 0. The average molecular weight is 154 g/mol. The molecule has 0 saturated carbocycles. The summed E-state index contributed by atoms with van der Waals surface area (Å²) in [4.78, 5) is 11.3. The molecule has 1 atom stereocenters. The second kappa shape index (κ2) is 4.32. The van der Waals surface area contributed by atoms with Crippen LogP contribution in [0.1, 0.15) is 34.1 Å². The Balaban J connectivity index is 3.93. The van der Waals surface area contributed by atoms with Gasteiger partial charge in [0.25, 0.3) is 0 Å². The fourth-order valence-electron chi connectivity index (χ4n) is 0.830. The Morgan fingerprint density at radius 3 is 2.09 bits per heavy atom. The Bertz CT molecular complexity index is 156. The minimum absolute atomic E-state index is 0.173. The molecule has 0 heterocycles. The summed E-state index contributed by atoms with van der Waals surface area (Å²) >= 11 is 0. The molecule has 64 valence electrons. The van der Waals surface area contributed by atoms with Crippen molar-refractivity contribution in [1.82, 2.24) is 0 Å². The predicted octanol–water partition coefficient (Wildman–Crippen LogP) is 2.81. The highest BCUT2D eigenvalue weighted by Gasteiger charge is 2.15. The molecule has 1 unspecified atom stereocenters. The van der Waals surface area contributed by atoms with Crippen molar-refractivity contribution in [1.29, 1.82) is 0 Å². The van der Waals surface area contributed by atoms with Crippen LogP contribution in [0.15, 0.2) is 12.2 Å². The van der Waals surface area contributed by atoms with E-state index >= 15 is 0 Å². The molecule has 0 aromatic rings. The van der Waals surface area contributed by atoms with E-state index in [2.05, 4.69) is 20.4 Å². The monoisotopic (exact) mass is 154 g/mol. The van der Waals surface area contributed by atoms with Crippen LogP contribution in [0.3, 0.4) is 0 Å². The zero-order chi connectivity index (χ0) is 9.02. The van der Waals surface area contributed by atoms with Gasteiger partial charge in [-0.1, -0.05) is 32.9 Å². The van der Waals surface area contributed by atoms with E-state index in [1.807, 2.05) is 13.8 Å². The third-order valence-corrected chi connectivity index (χ3v) is 1.98. The molecule has 0 rings (SSSR count). The molecule has 0 amide bonds. The zero-order valence-corrected chi connectivity index (χ0v) is 7.98. The highest BCUT2D eigenvalue weighted by atomic mass is 16.1. The van der Waals surface area contributed by atoms with E-state index in [0.29, 0.717) is 18.1 Å². The normalized spacial score (nSPS) is 13.2. The molecule has 11 heavy (non-hydrogen) atoms.